The predicted octanol–water partition coefficient (Wildman–Crippen LogP) is 0.965. The Labute approximate surface area is 62.0 Å². The Bertz CT molecular complexity index is 95.4. The fourth-order valence-corrected chi connectivity index (χ4v) is 1.38. The van der Waals surface area contributed by atoms with Crippen LogP contribution in [0.4, 0.5) is 0 Å². The second kappa shape index (κ2) is 4.45. The molecule has 0 aromatic rings. The molecular weight excluding hydrogens is 126 g/mol. The van der Waals surface area contributed by atoms with Crippen LogP contribution >= 0.6 is 0 Å². The van der Waals surface area contributed by atoms with Crippen LogP contribution in [0.15, 0.2) is 0 Å². The van der Waals surface area contributed by atoms with E-state index in [-0.39, 0.29) is 0 Å². The van der Waals surface area contributed by atoms with Crippen LogP contribution in [0.5, 0.6) is 0 Å². The van der Waals surface area contributed by atoms with Gasteiger partial charge >= 0.3 is 0 Å². The van der Waals surface area contributed by atoms with Gasteiger partial charge in [0.2, 0.25) is 0 Å². The first-order chi connectivity index (χ1) is 4.93. The number of rotatable bonds is 1. The van der Waals surface area contributed by atoms with Crippen molar-refractivity contribution in [2.75, 3.05) is 13.1 Å². The molecule has 1 aliphatic heterocycles. The molecule has 1 fully saturated rings. The van der Waals surface area contributed by atoms with Crippen LogP contribution in [0.2, 0.25) is 0 Å². The van der Waals surface area contributed by atoms with Crippen molar-refractivity contribution >= 4 is 6.29 Å². The van der Waals surface area contributed by atoms with Gasteiger partial charge in [-0.2, -0.15) is 0 Å². The SMILES string of the molecule is O=CC1CCCNCCC1. The molecule has 58 valence electrons. The van der Waals surface area contributed by atoms with Crippen LogP contribution < -0.4 is 5.32 Å². The summed E-state index contributed by atoms with van der Waals surface area (Å²) in [5.74, 6) is 0.349. The van der Waals surface area contributed by atoms with Crippen LogP contribution in [0, 0.1) is 5.92 Å². The minimum atomic E-state index is 0.349. The highest BCUT2D eigenvalue weighted by Crippen LogP contribution is 2.11. The highest BCUT2D eigenvalue weighted by molar-refractivity contribution is 5.53. The van der Waals surface area contributed by atoms with Crippen molar-refractivity contribution in [2.24, 2.45) is 5.92 Å². The average Bonchev–Trinajstić information content (AvgIpc) is 1.87. The molecule has 2 heteroatoms. The van der Waals surface area contributed by atoms with Crippen molar-refractivity contribution in [3.8, 4) is 0 Å². The first-order valence-electron chi connectivity index (χ1n) is 4.09. The third-order valence-corrected chi connectivity index (χ3v) is 2.05. The van der Waals surface area contributed by atoms with E-state index < -0.39 is 0 Å². The fourth-order valence-electron chi connectivity index (χ4n) is 1.38. The maximum atomic E-state index is 10.4. The van der Waals surface area contributed by atoms with E-state index in [1.165, 1.54) is 0 Å². The van der Waals surface area contributed by atoms with Crippen LogP contribution in [0.25, 0.3) is 0 Å². The summed E-state index contributed by atoms with van der Waals surface area (Å²) in [4.78, 5) is 10.4. The van der Waals surface area contributed by atoms with Crippen molar-refractivity contribution in [3.63, 3.8) is 0 Å². The first-order valence-corrected chi connectivity index (χ1v) is 4.09. The summed E-state index contributed by atoms with van der Waals surface area (Å²) in [6.07, 6.45) is 5.59. The maximum absolute atomic E-state index is 10.4. The molecule has 0 atom stereocenters. The van der Waals surface area contributed by atoms with Gasteiger partial charge < -0.3 is 10.1 Å². The summed E-state index contributed by atoms with van der Waals surface area (Å²) in [7, 11) is 0. The summed E-state index contributed by atoms with van der Waals surface area (Å²) >= 11 is 0. The third-order valence-electron chi connectivity index (χ3n) is 2.05. The predicted molar refractivity (Wildman–Crippen MR) is 40.9 cm³/mol. The zero-order chi connectivity index (χ0) is 7.23. The van der Waals surface area contributed by atoms with Gasteiger partial charge in [0, 0.05) is 5.92 Å². The number of nitrogens with one attached hydrogen (secondary N) is 1. The van der Waals surface area contributed by atoms with Crippen molar-refractivity contribution in [1.29, 1.82) is 0 Å². The Kier molecular flexibility index (Phi) is 3.44. The second-order valence-corrected chi connectivity index (χ2v) is 2.93. The highest BCUT2D eigenvalue weighted by Gasteiger charge is 2.08. The lowest BCUT2D eigenvalue weighted by Crippen LogP contribution is -2.21. The molecule has 1 saturated heterocycles. The molecule has 1 rings (SSSR count). The standard InChI is InChI=1S/C8H15NO/c10-7-8-3-1-5-9-6-2-4-8/h7-9H,1-6H2. The molecule has 1 heterocycles. The van der Waals surface area contributed by atoms with Crippen LogP contribution in [-0.4, -0.2) is 19.4 Å². The highest BCUT2D eigenvalue weighted by atomic mass is 16.1. The molecular formula is C8H15NO. The fraction of sp³-hybridized carbons (Fsp3) is 0.875. The van der Waals surface area contributed by atoms with Gasteiger partial charge in [0.05, 0.1) is 0 Å². The Morgan fingerprint density at radius 1 is 1.20 bits per heavy atom. The monoisotopic (exact) mass is 141 g/mol. The van der Waals surface area contributed by atoms with Crippen molar-refractivity contribution in [1.82, 2.24) is 5.32 Å². The van der Waals surface area contributed by atoms with E-state index in [0.29, 0.717) is 5.92 Å². The Morgan fingerprint density at radius 3 is 2.30 bits per heavy atom. The van der Waals surface area contributed by atoms with E-state index in [0.717, 1.165) is 45.1 Å². The van der Waals surface area contributed by atoms with Crippen LogP contribution in [-0.2, 0) is 4.79 Å². The molecule has 0 saturated carbocycles. The zero-order valence-corrected chi connectivity index (χ0v) is 6.31. The second-order valence-electron chi connectivity index (χ2n) is 2.93. The van der Waals surface area contributed by atoms with Crippen molar-refractivity contribution in [3.05, 3.63) is 0 Å². The molecule has 0 aromatic carbocycles. The minimum Gasteiger partial charge on any atom is -0.317 e. The number of aldehydes is 1. The molecule has 2 nitrogen and oxygen atoms in total. The summed E-state index contributed by atoms with van der Waals surface area (Å²) in [6, 6.07) is 0. The van der Waals surface area contributed by atoms with Crippen molar-refractivity contribution in [2.45, 2.75) is 25.7 Å². The molecule has 0 aromatic heterocycles. The van der Waals surface area contributed by atoms with E-state index in [4.69, 9.17) is 0 Å². The molecule has 0 spiro atoms. The number of hydrogen-bond acceptors (Lipinski definition) is 2. The summed E-state index contributed by atoms with van der Waals surface area (Å²) in [5.41, 5.74) is 0. The molecule has 0 unspecified atom stereocenters. The van der Waals surface area contributed by atoms with Crippen molar-refractivity contribution < 1.29 is 4.79 Å². The van der Waals surface area contributed by atoms with Gasteiger partial charge in [0.25, 0.3) is 0 Å². The molecule has 0 aliphatic carbocycles. The Balaban J connectivity index is 2.22. The zero-order valence-electron chi connectivity index (χ0n) is 6.31. The van der Waals surface area contributed by atoms with Gasteiger partial charge in [-0.25, -0.2) is 0 Å². The Hall–Kier alpha value is -0.370. The van der Waals surface area contributed by atoms with E-state index in [1.54, 1.807) is 0 Å². The lowest BCUT2D eigenvalue weighted by Gasteiger charge is -2.14. The van der Waals surface area contributed by atoms with Gasteiger partial charge in [0.1, 0.15) is 6.29 Å². The van der Waals surface area contributed by atoms with E-state index in [1.807, 2.05) is 0 Å². The number of carbonyl (C=O) groups excluding carboxylic acids is 1. The van der Waals surface area contributed by atoms with E-state index in [9.17, 15) is 4.79 Å². The first kappa shape index (κ1) is 7.73. The molecule has 0 radical (unpaired) electrons. The van der Waals surface area contributed by atoms with Crippen LogP contribution in [0.1, 0.15) is 25.7 Å². The lowest BCUT2D eigenvalue weighted by molar-refractivity contribution is -0.111. The summed E-state index contributed by atoms with van der Waals surface area (Å²) in [6.45, 7) is 2.18. The average molecular weight is 141 g/mol. The normalized spacial score (nSPS) is 23.2. The largest absolute Gasteiger partial charge is 0.317 e. The minimum absolute atomic E-state index is 0.349. The topological polar surface area (TPSA) is 29.1 Å². The van der Waals surface area contributed by atoms with E-state index in [2.05, 4.69) is 5.32 Å². The lowest BCUT2D eigenvalue weighted by atomic mass is 9.98. The van der Waals surface area contributed by atoms with Gasteiger partial charge in [0.15, 0.2) is 0 Å². The Morgan fingerprint density at radius 2 is 1.80 bits per heavy atom. The van der Waals surface area contributed by atoms with Gasteiger partial charge in [-0.3, -0.25) is 0 Å². The molecule has 0 amide bonds. The third kappa shape index (κ3) is 2.48. The number of carbonyl (C=O) groups is 1. The molecule has 1 N–H and O–H groups in total. The molecule has 10 heavy (non-hydrogen) atoms. The van der Waals surface area contributed by atoms with Gasteiger partial charge in [-0.15, -0.1) is 0 Å². The van der Waals surface area contributed by atoms with Crippen LogP contribution in [0.3, 0.4) is 0 Å². The van der Waals surface area contributed by atoms with E-state index >= 15 is 0 Å². The van der Waals surface area contributed by atoms with Gasteiger partial charge in [-0.05, 0) is 38.8 Å². The smallest absolute Gasteiger partial charge is 0.123 e. The number of hydrogen-bond donors (Lipinski definition) is 1. The summed E-state index contributed by atoms with van der Waals surface area (Å²) in [5, 5.41) is 3.32. The van der Waals surface area contributed by atoms with Gasteiger partial charge in [-0.1, -0.05) is 0 Å². The molecule has 1 aliphatic rings. The quantitative estimate of drug-likeness (QED) is 0.551. The summed E-state index contributed by atoms with van der Waals surface area (Å²) < 4.78 is 0. The molecule has 0 bridgehead atoms. The maximum Gasteiger partial charge on any atom is 0.123 e.